The zero-order valence-corrected chi connectivity index (χ0v) is 23.9. The molecule has 9 aromatic rings. The summed E-state index contributed by atoms with van der Waals surface area (Å²) in [5.41, 5.74) is 11.0. The number of imidazole rings is 1. The van der Waals surface area contributed by atoms with E-state index in [1.165, 1.54) is 76.7 Å². The molecule has 0 atom stereocenters. The van der Waals surface area contributed by atoms with Crippen LogP contribution in [0.2, 0.25) is 0 Å². The maximum absolute atomic E-state index is 5.15. The van der Waals surface area contributed by atoms with Gasteiger partial charge in [-0.2, -0.15) is 0 Å². The number of aromatic nitrogens is 2. The molecule has 0 N–H and O–H groups in total. The van der Waals surface area contributed by atoms with Crippen molar-refractivity contribution < 1.29 is 0 Å². The number of rotatable bonds is 4. The number of hydrogen-bond acceptors (Lipinski definition) is 1. The normalized spacial score (nSPS) is 11.9. The minimum absolute atomic E-state index is 0.890. The lowest BCUT2D eigenvalue weighted by Crippen LogP contribution is -1.91. The van der Waals surface area contributed by atoms with Gasteiger partial charge in [-0.1, -0.05) is 128 Å². The zero-order valence-electron chi connectivity index (χ0n) is 23.9. The van der Waals surface area contributed by atoms with Crippen molar-refractivity contribution >= 4 is 48.9 Å². The fraction of sp³-hybridized carbons (Fsp3) is 0.0488. The zero-order chi connectivity index (χ0) is 28.5. The number of fused-ring (bicyclic) bond motifs is 5. The van der Waals surface area contributed by atoms with E-state index in [1.54, 1.807) is 0 Å². The van der Waals surface area contributed by atoms with E-state index < -0.39 is 0 Å². The van der Waals surface area contributed by atoms with Gasteiger partial charge in [0.15, 0.2) is 0 Å². The fourth-order valence-electron chi connectivity index (χ4n) is 7.21. The summed E-state index contributed by atoms with van der Waals surface area (Å²) in [5.74, 6) is 1.11. The minimum atomic E-state index is 0.890. The smallest absolute Gasteiger partial charge is 0.114 e. The van der Waals surface area contributed by atoms with Crippen molar-refractivity contribution in [2.24, 2.45) is 0 Å². The highest BCUT2D eigenvalue weighted by atomic mass is 15.0. The molecule has 2 nitrogen and oxygen atoms in total. The quantitative estimate of drug-likeness (QED) is 0.200. The minimum Gasteiger partial charge on any atom is -0.295 e. The van der Waals surface area contributed by atoms with Gasteiger partial charge in [-0.25, -0.2) is 4.98 Å². The maximum Gasteiger partial charge on any atom is 0.114 e. The van der Waals surface area contributed by atoms with Crippen LogP contribution < -0.4 is 0 Å². The van der Waals surface area contributed by atoms with Gasteiger partial charge >= 0.3 is 0 Å². The molecule has 202 valence electrons. The molecule has 0 aliphatic carbocycles. The Morgan fingerprint density at radius 3 is 1.60 bits per heavy atom. The third kappa shape index (κ3) is 3.50. The molecule has 2 heteroatoms. The number of benzene rings is 7. The lowest BCUT2D eigenvalue weighted by atomic mass is 9.85. The molecule has 43 heavy (non-hydrogen) atoms. The summed E-state index contributed by atoms with van der Waals surface area (Å²) >= 11 is 0. The fourth-order valence-corrected chi connectivity index (χ4v) is 7.21. The van der Waals surface area contributed by atoms with Crippen LogP contribution in [-0.2, 0) is 6.42 Å². The first kappa shape index (κ1) is 24.2. The Bertz CT molecular complexity index is 2410. The number of aryl methyl sites for hydroxylation is 1. The van der Waals surface area contributed by atoms with Crippen LogP contribution in [0.3, 0.4) is 0 Å². The van der Waals surface area contributed by atoms with Crippen molar-refractivity contribution in [2.75, 3.05) is 0 Å². The summed E-state index contributed by atoms with van der Waals surface area (Å²) in [6, 6.07) is 50.9. The molecule has 0 amide bonds. The molecule has 0 bridgehead atoms. The predicted octanol–water partition coefficient (Wildman–Crippen LogP) is 10.9. The topological polar surface area (TPSA) is 17.3 Å². The van der Waals surface area contributed by atoms with Crippen LogP contribution in [0.1, 0.15) is 12.7 Å². The lowest BCUT2D eigenvalue weighted by molar-refractivity contribution is 0.961. The van der Waals surface area contributed by atoms with E-state index in [0.29, 0.717) is 0 Å². The Labute approximate surface area is 249 Å². The van der Waals surface area contributed by atoms with Crippen LogP contribution in [0.5, 0.6) is 0 Å². The molecule has 2 heterocycles. The van der Waals surface area contributed by atoms with Crippen LogP contribution in [0.25, 0.3) is 82.2 Å². The van der Waals surface area contributed by atoms with E-state index in [0.717, 1.165) is 17.8 Å². The van der Waals surface area contributed by atoms with E-state index in [2.05, 4.69) is 151 Å². The lowest BCUT2D eigenvalue weighted by Gasteiger charge is -2.18. The van der Waals surface area contributed by atoms with Crippen LogP contribution >= 0.6 is 0 Å². The van der Waals surface area contributed by atoms with Crippen LogP contribution in [0, 0.1) is 0 Å². The Morgan fingerprint density at radius 2 is 0.977 bits per heavy atom. The van der Waals surface area contributed by atoms with Gasteiger partial charge < -0.3 is 0 Å². The Hall–Kier alpha value is -5.47. The van der Waals surface area contributed by atoms with Crippen molar-refractivity contribution in [1.29, 1.82) is 0 Å². The largest absolute Gasteiger partial charge is 0.295 e. The van der Waals surface area contributed by atoms with Crippen molar-refractivity contribution in [1.82, 2.24) is 9.38 Å². The highest BCUT2D eigenvalue weighted by Gasteiger charge is 2.21. The Kier molecular flexibility index (Phi) is 5.21. The summed E-state index contributed by atoms with van der Waals surface area (Å²) in [4.78, 5) is 5.15. The van der Waals surface area contributed by atoms with E-state index >= 15 is 0 Å². The van der Waals surface area contributed by atoms with Gasteiger partial charge in [-0.05, 0) is 73.1 Å². The summed E-state index contributed by atoms with van der Waals surface area (Å²) in [6.45, 7) is 2.19. The number of hydrogen-bond donors (Lipinski definition) is 0. The second kappa shape index (κ2) is 9.27. The molecule has 0 radical (unpaired) electrons. The number of para-hydroxylation sites is 1. The molecule has 2 aromatic heterocycles. The molecular formula is C41H28N2. The highest BCUT2D eigenvalue weighted by molar-refractivity contribution is 6.23. The van der Waals surface area contributed by atoms with Gasteiger partial charge in [0.05, 0.1) is 16.6 Å². The van der Waals surface area contributed by atoms with Crippen molar-refractivity contribution in [3.8, 4) is 33.4 Å². The molecular weight excluding hydrogens is 520 g/mol. The third-order valence-corrected chi connectivity index (χ3v) is 9.07. The van der Waals surface area contributed by atoms with Gasteiger partial charge in [0.2, 0.25) is 0 Å². The van der Waals surface area contributed by atoms with Crippen molar-refractivity contribution in [2.45, 2.75) is 13.3 Å². The molecule has 0 saturated carbocycles. The van der Waals surface area contributed by atoms with E-state index in [4.69, 9.17) is 4.98 Å². The van der Waals surface area contributed by atoms with Gasteiger partial charge in [0.25, 0.3) is 0 Å². The summed E-state index contributed by atoms with van der Waals surface area (Å²) in [5, 5.41) is 7.60. The molecule has 0 unspecified atom stereocenters. The summed E-state index contributed by atoms with van der Waals surface area (Å²) in [7, 11) is 0. The average molecular weight is 549 g/mol. The average Bonchev–Trinajstić information content (AvgIpc) is 3.62. The number of nitrogens with zero attached hydrogens (tertiary/aromatic N) is 2. The van der Waals surface area contributed by atoms with Gasteiger partial charge in [0, 0.05) is 17.2 Å². The van der Waals surface area contributed by atoms with Crippen molar-refractivity contribution in [3.63, 3.8) is 0 Å². The van der Waals surface area contributed by atoms with Crippen LogP contribution in [-0.4, -0.2) is 9.38 Å². The van der Waals surface area contributed by atoms with Crippen molar-refractivity contribution in [3.05, 3.63) is 145 Å². The third-order valence-electron chi connectivity index (χ3n) is 9.07. The first-order valence-electron chi connectivity index (χ1n) is 15.0. The first-order chi connectivity index (χ1) is 21.3. The van der Waals surface area contributed by atoms with Gasteiger partial charge in [0.1, 0.15) is 5.82 Å². The molecule has 9 rings (SSSR count). The Morgan fingerprint density at radius 1 is 0.465 bits per heavy atom. The summed E-state index contributed by atoms with van der Waals surface area (Å²) in [6.07, 6.45) is 0.890. The molecule has 7 aromatic carbocycles. The van der Waals surface area contributed by atoms with Crippen LogP contribution in [0.15, 0.2) is 140 Å². The SMILES string of the molecule is CCc1nc2cc(-c3c4ccccc4c(-c4ccc(-c5ccccc5)cc4)c4ccccc34)cc3c4ccccc4n1c23. The molecule has 0 spiro atoms. The highest BCUT2D eigenvalue weighted by Crippen LogP contribution is 2.46. The Balaban J connectivity index is 1.34. The van der Waals surface area contributed by atoms with Crippen LogP contribution in [0.4, 0.5) is 0 Å². The second-order valence-electron chi connectivity index (χ2n) is 11.4. The molecule has 0 aliphatic heterocycles. The molecule has 0 aliphatic rings. The second-order valence-corrected chi connectivity index (χ2v) is 11.4. The maximum atomic E-state index is 5.15. The first-order valence-corrected chi connectivity index (χ1v) is 15.0. The molecule has 0 saturated heterocycles. The van der Waals surface area contributed by atoms with E-state index in [9.17, 15) is 0 Å². The van der Waals surface area contributed by atoms with E-state index in [1.807, 2.05) is 0 Å². The van der Waals surface area contributed by atoms with Gasteiger partial charge in [-0.3, -0.25) is 4.40 Å². The summed E-state index contributed by atoms with van der Waals surface area (Å²) < 4.78 is 2.36. The standard InChI is InChI=1S/C41H28N2/c1-2-38-42-36-25-29(24-35-30-14-10-11-19-37(30)43(38)41(35)36)40-33-17-8-6-15-31(33)39(32-16-7-9-18-34(32)40)28-22-20-27(21-23-28)26-12-4-3-5-13-26/h3-25H,2H2,1H3. The predicted molar refractivity (Wildman–Crippen MR) is 182 cm³/mol. The monoisotopic (exact) mass is 548 g/mol. The molecule has 0 fully saturated rings. The van der Waals surface area contributed by atoms with E-state index in [-0.39, 0.29) is 0 Å². The van der Waals surface area contributed by atoms with Gasteiger partial charge in [-0.15, -0.1) is 0 Å².